The summed E-state index contributed by atoms with van der Waals surface area (Å²) < 4.78 is 5.03. The number of methoxy groups -OCH3 is 1. The van der Waals surface area contributed by atoms with E-state index < -0.39 is 0 Å². The summed E-state index contributed by atoms with van der Waals surface area (Å²) in [6, 6.07) is 9.82. The minimum absolute atomic E-state index is 0.105. The van der Waals surface area contributed by atoms with Crippen LogP contribution in [-0.2, 0) is 6.42 Å². The van der Waals surface area contributed by atoms with Crippen molar-refractivity contribution in [3.8, 4) is 23.0 Å². The molecule has 0 amide bonds. The topological polar surface area (TPSA) is 69.9 Å². The van der Waals surface area contributed by atoms with Crippen molar-refractivity contribution in [2.45, 2.75) is 6.42 Å². The first kappa shape index (κ1) is 13.8. The molecule has 0 unspecified atom stereocenters. The van der Waals surface area contributed by atoms with Crippen LogP contribution in [0.25, 0.3) is 6.08 Å². The molecule has 4 heteroatoms. The van der Waals surface area contributed by atoms with Gasteiger partial charge in [0.05, 0.1) is 7.11 Å². The van der Waals surface area contributed by atoms with Crippen LogP contribution in [0.15, 0.2) is 42.5 Å². The maximum atomic E-state index is 9.49. The summed E-state index contributed by atoms with van der Waals surface area (Å²) in [4.78, 5) is 0. The highest BCUT2D eigenvalue weighted by atomic mass is 16.5. The van der Waals surface area contributed by atoms with E-state index in [-0.39, 0.29) is 17.2 Å². The highest BCUT2D eigenvalue weighted by Crippen LogP contribution is 2.27. The van der Waals surface area contributed by atoms with E-state index in [1.165, 1.54) is 19.2 Å². The van der Waals surface area contributed by atoms with Gasteiger partial charge in [0, 0.05) is 0 Å². The molecule has 0 aliphatic heterocycles. The Hall–Kier alpha value is -2.62. The smallest absolute Gasteiger partial charge is 0.161 e. The standard InChI is InChI=1S/C16H16O4/c1-20-16-10-12(6-8-14(16)18)4-2-3-11-5-7-13(17)15(19)9-11/h2,4-10,17-19H,3H2,1H3/b4-2+. The summed E-state index contributed by atoms with van der Waals surface area (Å²) in [5, 5.41) is 28.1. The fourth-order valence-electron chi connectivity index (χ4n) is 1.82. The van der Waals surface area contributed by atoms with Crippen molar-refractivity contribution in [2.24, 2.45) is 0 Å². The zero-order valence-corrected chi connectivity index (χ0v) is 11.1. The van der Waals surface area contributed by atoms with Gasteiger partial charge in [-0.05, 0) is 41.8 Å². The normalized spacial score (nSPS) is 10.8. The maximum absolute atomic E-state index is 9.49. The molecular formula is C16H16O4. The Labute approximate surface area is 117 Å². The van der Waals surface area contributed by atoms with Gasteiger partial charge in [-0.25, -0.2) is 0 Å². The van der Waals surface area contributed by atoms with Gasteiger partial charge in [-0.1, -0.05) is 24.3 Å². The predicted octanol–water partition coefficient (Wildman–Crippen LogP) is 3.07. The molecule has 2 rings (SSSR count). The van der Waals surface area contributed by atoms with Crippen molar-refractivity contribution >= 4 is 6.08 Å². The average Bonchev–Trinajstić information content (AvgIpc) is 2.44. The van der Waals surface area contributed by atoms with E-state index in [2.05, 4.69) is 0 Å². The lowest BCUT2D eigenvalue weighted by atomic mass is 10.1. The van der Waals surface area contributed by atoms with Crippen molar-refractivity contribution in [1.82, 2.24) is 0 Å². The van der Waals surface area contributed by atoms with Gasteiger partial charge in [-0.2, -0.15) is 0 Å². The van der Waals surface area contributed by atoms with Crippen LogP contribution in [0.2, 0.25) is 0 Å². The second-order valence-electron chi connectivity index (χ2n) is 4.36. The minimum Gasteiger partial charge on any atom is -0.504 e. The molecule has 104 valence electrons. The molecule has 0 heterocycles. The van der Waals surface area contributed by atoms with E-state index >= 15 is 0 Å². The Balaban J connectivity index is 2.08. The highest BCUT2D eigenvalue weighted by Gasteiger charge is 2.01. The van der Waals surface area contributed by atoms with E-state index in [4.69, 9.17) is 4.74 Å². The Morgan fingerprint density at radius 2 is 1.70 bits per heavy atom. The summed E-state index contributed by atoms with van der Waals surface area (Å²) in [5.41, 5.74) is 1.80. The molecule has 0 saturated carbocycles. The van der Waals surface area contributed by atoms with E-state index in [0.29, 0.717) is 12.2 Å². The number of hydrogen-bond donors (Lipinski definition) is 3. The lowest BCUT2D eigenvalue weighted by Crippen LogP contribution is -1.84. The van der Waals surface area contributed by atoms with Crippen LogP contribution in [0.3, 0.4) is 0 Å². The van der Waals surface area contributed by atoms with Gasteiger partial charge in [0.2, 0.25) is 0 Å². The van der Waals surface area contributed by atoms with Crippen LogP contribution < -0.4 is 4.74 Å². The third-order valence-corrected chi connectivity index (χ3v) is 2.91. The van der Waals surface area contributed by atoms with Crippen molar-refractivity contribution in [3.63, 3.8) is 0 Å². The van der Waals surface area contributed by atoms with Gasteiger partial charge in [-0.15, -0.1) is 0 Å². The van der Waals surface area contributed by atoms with Crippen LogP contribution in [0.4, 0.5) is 0 Å². The Morgan fingerprint density at radius 3 is 2.40 bits per heavy atom. The molecule has 0 saturated heterocycles. The first-order chi connectivity index (χ1) is 9.60. The monoisotopic (exact) mass is 272 g/mol. The molecule has 0 fully saturated rings. The van der Waals surface area contributed by atoms with Crippen LogP contribution in [-0.4, -0.2) is 22.4 Å². The predicted molar refractivity (Wildman–Crippen MR) is 77.2 cm³/mol. The van der Waals surface area contributed by atoms with Crippen molar-refractivity contribution < 1.29 is 20.1 Å². The van der Waals surface area contributed by atoms with Crippen molar-refractivity contribution in [3.05, 3.63) is 53.6 Å². The third-order valence-electron chi connectivity index (χ3n) is 2.91. The first-order valence-electron chi connectivity index (χ1n) is 6.14. The SMILES string of the molecule is COc1cc(/C=C/Cc2ccc(O)c(O)c2)ccc1O. The Morgan fingerprint density at radius 1 is 0.950 bits per heavy atom. The Bertz CT molecular complexity index is 632. The molecule has 3 N–H and O–H groups in total. The van der Waals surface area contributed by atoms with Gasteiger partial charge in [0.15, 0.2) is 23.0 Å². The van der Waals surface area contributed by atoms with Crippen LogP contribution in [0, 0.1) is 0 Å². The van der Waals surface area contributed by atoms with Gasteiger partial charge < -0.3 is 20.1 Å². The molecule has 0 aliphatic carbocycles. The number of ether oxygens (including phenoxy) is 1. The molecular weight excluding hydrogens is 256 g/mol. The molecule has 20 heavy (non-hydrogen) atoms. The quantitative estimate of drug-likeness (QED) is 0.748. The average molecular weight is 272 g/mol. The number of phenols is 3. The van der Waals surface area contributed by atoms with Crippen molar-refractivity contribution in [2.75, 3.05) is 7.11 Å². The number of hydrogen-bond acceptors (Lipinski definition) is 4. The van der Waals surface area contributed by atoms with E-state index in [9.17, 15) is 15.3 Å². The number of allylic oxidation sites excluding steroid dienone is 1. The number of phenolic OH excluding ortho intramolecular Hbond substituents is 3. The van der Waals surface area contributed by atoms with Crippen LogP contribution >= 0.6 is 0 Å². The Kier molecular flexibility index (Phi) is 4.15. The highest BCUT2D eigenvalue weighted by molar-refractivity contribution is 5.56. The molecule has 0 spiro atoms. The fourth-order valence-corrected chi connectivity index (χ4v) is 1.82. The molecule has 4 nitrogen and oxygen atoms in total. The molecule has 0 radical (unpaired) electrons. The largest absolute Gasteiger partial charge is 0.504 e. The molecule has 0 aromatic heterocycles. The zero-order chi connectivity index (χ0) is 14.5. The first-order valence-corrected chi connectivity index (χ1v) is 6.14. The molecule has 0 bridgehead atoms. The summed E-state index contributed by atoms with van der Waals surface area (Å²) in [7, 11) is 1.50. The molecule has 0 atom stereocenters. The van der Waals surface area contributed by atoms with E-state index in [1.807, 2.05) is 12.2 Å². The maximum Gasteiger partial charge on any atom is 0.161 e. The molecule has 2 aromatic rings. The molecule has 2 aromatic carbocycles. The summed E-state index contributed by atoms with van der Waals surface area (Å²) >= 11 is 0. The van der Waals surface area contributed by atoms with Crippen LogP contribution in [0.5, 0.6) is 23.0 Å². The van der Waals surface area contributed by atoms with Crippen LogP contribution in [0.1, 0.15) is 11.1 Å². The van der Waals surface area contributed by atoms with Gasteiger partial charge >= 0.3 is 0 Å². The number of aromatic hydroxyl groups is 3. The van der Waals surface area contributed by atoms with Gasteiger partial charge in [0.1, 0.15) is 0 Å². The third kappa shape index (κ3) is 3.23. The fraction of sp³-hybridized carbons (Fsp3) is 0.125. The summed E-state index contributed by atoms with van der Waals surface area (Å²) in [6.07, 6.45) is 4.44. The lowest BCUT2D eigenvalue weighted by molar-refractivity contribution is 0.373. The second-order valence-corrected chi connectivity index (χ2v) is 4.36. The number of benzene rings is 2. The minimum atomic E-state index is -0.124. The second kappa shape index (κ2) is 6.02. The molecule has 0 aliphatic rings. The lowest BCUT2D eigenvalue weighted by Gasteiger charge is -2.04. The van der Waals surface area contributed by atoms with E-state index in [1.54, 1.807) is 24.3 Å². The van der Waals surface area contributed by atoms with Gasteiger partial charge in [-0.3, -0.25) is 0 Å². The summed E-state index contributed by atoms with van der Waals surface area (Å²) in [6.45, 7) is 0. The summed E-state index contributed by atoms with van der Waals surface area (Å²) in [5.74, 6) is 0.283. The van der Waals surface area contributed by atoms with Crippen molar-refractivity contribution in [1.29, 1.82) is 0 Å². The zero-order valence-electron chi connectivity index (χ0n) is 11.1. The van der Waals surface area contributed by atoms with E-state index in [0.717, 1.165) is 11.1 Å². The van der Waals surface area contributed by atoms with Gasteiger partial charge in [0.25, 0.3) is 0 Å². The number of rotatable bonds is 4.